The summed E-state index contributed by atoms with van der Waals surface area (Å²) >= 11 is 1.37. The zero-order valence-corrected chi connectivity index (χ0v) is 13.2. The standard InChI is InChI=1S/C13H14N4O2S2/c1-9-12(17-13(15-9)20-10(2)16-17)21(18,19)14-8-11-6-4-3-5-7-11/h3-7,14H,8H2,1-2H3. The minimum Gasteiger partial charge on any atom is -0.221 e. The number of hydrogen-bond donors (Lipinski definition) is 1. The Hall–Kier alpha value is -1.77. The first-order valence-corrected chi connectivity index (χ1v) is 8.64. The number of benzene rings is 1. The number of fused-ring (bicyclic) bond motifs is 1. The molecule has 0 fully saturated rings. The van der Waals surface area contributed by atoms with Crippen LogP contribution in [-0.2, 0) is 16.6 Å². The summed E-state index contributed by atoms with van der Waals surface area (Å²) in [6, 6.07) is 9.37. The molecule has 0 aliphatic heterocycles. The van der Waals surface area contributed by atoms with Crippen molar-refractivity contribution in [1.82, 2.24) is 19.3 Å². The van der Waals surface area contributed by atoms with Crippen LogP contribution in [0, 0.1) is 13.8 Å². The van der Waals surface area contributed by atoms with Crippen LogP contribution < -0.4 is 4.72 Å². The Morgan fingerprint density at radius 3 is 2.67 bits per heavy atom. The van der Waals surface area contributed by atoms with E-state index in [0.29, 0.717) is 10.7 Å². The van der Waals surface area contributed by atoms with E-state index >= 15 is 0 Å². The molecule has 0 atom stereocenters. The fourth-order valence-electron chi connectivity index (χ4n) is 2.08. The van der Waals surface area contributed by atoms with Crippen LogP contribution in [0.2, 0.25) is 0 Å². The Labute approximate surface area is 126 Å². The topological polar surface area (TPSA) is 76.4 Å². The molecule has 0 spiro atoms. The average Bonchev–Trinajstić information content (AvgIpc) is 2.92. The summed E-state index contributed by atoms with van der Waals surface area (Å²) in [5, 5.41) is 5.09. The highest BCUT2D eigenvalue weighted by Crippen LogP contribution is 2.21. The number of rotatable bonds is 4. The summed E-state index contributed by atoms with van der Waals surface area (Å²) in [5.41, 5.74) is 1.35. The van der Waals surface area contributed by atoms with E-state index < -0.39 is 10.0 Å². The molecule has 6 nitrogen and oxygen atoms in total. The highest BCUT2D eigenvalue weighted by molar-refractivity contribution is 7.89. The molecule has 1 aromatic carbocycles. The fraction of sp³-hybridized carbons (Fsp3) is 0.231. The van der Waals surface area contributed by atoms with Crippen LogP contribution in [0.1, 0.15) is 16.3 Å². The first-order valence-electron chi connectivity index (χ1n) is 6.34. The SMILES string of the molecule is Cc1nn2c(S(=O)(=O)NCc3ccccc3)c(C)nc2s1. The molecular weight excluding hydrogens is 308 g/mol. The van der Waals surface area contributed by atoms with Gasteiger partial charge in [0.25, 0.3) is 10.0 Å². The number of hydrogen-bond acceptors (Lipinski definition) is 5. The van der Waals surface area contributed by atoms with Gasteiger partial charge in [-0.2, -0.15) is 9.61 Å². The van der Waals surface area contributed by atoms with E-state index in [1.807, 2.05) is 37.3 Å². The lowest BCUT2D eigenvalue weighted by atomic mass is 10.2. The highest BCUT2D eigenvalue weighted by Gasteiger charge is 2.24. The Morgan fingerprint density at radius 2 is 1.95 bits per heavy atom. The predicted octanol–water partition coefficient (Wildman–Crippen LogP) is 1.89. The zero-order chi connectivity index (χ0) is 15.0. The number of nitrogens with zero attached hydrogens (tertiary/aromatic N) is 3. The van der Waals surface area contributed by atoms with Crippen molar-refractivity contribution in [3.63, 3.8) is 0 Å². The number of imidazole rings is 1. The van der Waals surface area contributed by atoms with Gasteiger partial charge in [-0.25, -0.2) is 18.1 Å². The first-order chi connectivity index (χ1) is 9.97. The summed E-state index contributed by atoms with van der Waals surface area (Å²) < 4.78 is 29.0. The molecule has 3 rings (SSSR count). The van der Waals surface area contributed by atoms with Crippen LogP contribution in [-0.4, -0.2) is 23.0 Å². The monoisotopic (exact) mass is 322 g/mol. The molecule has 8 heteroatoms. The fourth-order valence-corrected chi connectivity index (χ4v) is 4.21. The Kier molecular flexibility index (Phi) is 3.52. The smallest absolute Gasteiger partial charge is 0.221 e. The van der Waals surface area contributed by atoms with Gasteiger partial charge in [-0.1, -0.05) is 41.7 Å². The second kappa shape index (κ2) is 5.21. The van der Waals surface area contributed by atoms with Crippen LogP contribution in [0.3, 0.4) is 0 Å². The molecule has 110 valence electrons. The van der Waals surface area contributed by atoms with E-state index in [2.05, 4.69) is 14.8 Å². The van der Waals surface area contributed by atoms with Gasteiger partial charge in [-0.05, 0) is 19.4 Å². The molecule has 1 N–H and O–H groups in total. The maximum absolute atomic E-state index is 12.5. The van der Waals surface area contributed by atoms with Crippen molar-refractivity contribution < 1.29 is 8.42 Å². The van der Waals surface area contributed by atoms with Gasteiger partial charge in [-0.3, -0.25) is 0 Å². The first kappa shape index (κ1) is 14.2. The Balaban J connectivity index is 1.94. The van der Waals surface area contributed by atoms with Gasteiger partial charge in [0.1, 0.15) is 5.01 Å². The molecule has 0 aliphatic carbocycles. The van der Waals surface area contributed by atoms with E-state index in [0.717, 1.165) is 10.6 Å². The van der Waals surface area contributed by atoms with Crippen molar-refractivity contribution in [2.24, 2.45) is 0 Å². The maximum atomic E-state index is 12.5. The molecular formula is C13H14N4O2S2. The molecule has 0 saturated heterocycles. The van der Waals surface area contributed by atoms with Gasteiger partial charge in [0.2, 0.25) is 4.96 Å². The third-order valence-electron chi connectivity index (χ3n) is 2.99. The highest BCUT2D eigenvalue weighted by atomic mass is 32.2. The molecule has 0 saturated carbocycles. The molecule has 0 aliphatic rings. The lowest BCUT2D eigenvalue weighted by Gasteiger charge is -2.06. The van der Waals surface area contributed by atoms with Gasteiger partial charge in [0, 0.05) is 6.54 Å². The summed E-state index contributed by atoms with van der Waals surface area (Å²) in [7, 11) is -3.66. The van der Waals surface area contributed by atoms with Crippen LogP contribution in [0.4, 0.5) is 0 Å². The molecule has 0 radical (unpaired) electrons. The van der Waals surface area contributed by atoms with Crippen molar-refractivity contribution in [1.29, 1.82) is 0 Å². The predicted molar refractivity (Wildman–Crippen MR) is 80.8 cm³/mol. The zero-order valence-electron chi connectivity index (χ0n) is 11.6. The third-order valence-corrected chi connectivity index (χ3v) is 5.32. The second-order valence-corrected chi connectivity index (χ2v) is 7.47. The molecule has 21 heavy (non-hydrogen) atoms. The molecule has 0 amide bonds. The lowest BCUT2D eigenvalue weighted by Crippen LogP contribution is -2.25. The Morgan fingerprint density at radius 1 is 1.24 bits per heavy atom. The van der Waals surface area contributed by atoms with E-state index in [9.17, 15) is 8.42 Å². The summed E-state index contributed by atoms with van der Waals surface area (Å²) in [4.78, 5) is 4.84. The van der Waals surface area contributed by atoms with Crippen LogP contribution in [0.25, 0.3) is 4.96 Å². The van der Waals surface area contributed by atoms with Gasteiger partial charge in [0.05, 0.1) is 5.69 Å². The van der Waals surface area contributed by atoms with E-state index in [1.54, 1.807) is 6.92 Å². The van der Waals surface area contributed by atoms with Crippen molar-refractivity contribution >= 4 is 26.3 Å². The average molecular weight is 322 g/mol. The summed E-state index contributed by atoms with van der Waals surface area (Å²) in [6.45, 7) is 3.73. The van der Waals surface area contributed by atoms with Gasteiger partial charge < -0.3 is 0 Å². The molecule has 2 heterocycles. The van der Waals surface area contributed by atoms with Crippen molar-refractivity contribution in [2.45, 2.75) is 25.4 Å². The molecule has 3 aromatic rings. The largest absolute Gasteiger partial charge is 0.260 e. The van der Waals surface area contributed by atoms with Gasteiger partial charge in [0.15, 0.2) is 5.03 Å². The van der Waals surface area contributed by atoms with Crippen LogP contribution in [0.5, 0.6) is 0 Å². The van der Waals surface area contributed by atoms with Gasteiger partial charge in [-0.15, -0.1) is 0 Å². The second-order valence-electron chi connectivity index (χ2n) is 4.63. The summed E-state index contributed by atoms with van der Waals surface area (Å²) in [5.74, 6) is 0. The van der Waals surface area contributed by atoms with Crippen molar-refractivity contribution in [3.8, 4) is 0 Å². The van der Waals surface area contributed by atoms with Crippen molar-refractivity contribution in [3.05, 3.63) is 46.6 Å². The quantitative estimate of drug-likeness (QED) is 0.796. The number of nitrogens with one attached hydrogen (secondary N) is 1. The molecule has 0 bridgehead atoms. The number of aryl methyl sites for hydroxylation is 2. The molecule has 2 aromatic heterocycles. The maximum Gasteiger partial charge on any atom is 0.260 e. The number of aromatic nitrogens is 3. The normalized spacial score (nSPS) is 12.1. The minimum absolute atomic E-state index is 0.109. The van der Waals surface area contributed by atoms with E-state index in [4.69, 9.17) is 0 Å². The third kappa shape index (κ3) is 2.69. The lowest BCUT2D eigenvalue weighted by molar-refractivity contribution is 0.572. The van der Waals surface area contributed by atoms with Crippen molar-refractivity contribution in [2.75, 3.05) is 0 Å². The van der Waals surface area contributed by atoms with Crippen LogP contribution >= 0.6 is 11.3 Å². The number of sulfonamides is 1. The van der Waals surface area contributed by atoms with E-state index in [1.165, 1.54) is 15.9 Å². The van der Waals surface area contributed by atoms with Gasteiger partial charge >= 0.3 is 0 Å². The summed E-state index contributed by atoms with van der Waals surface area (Å²) in [6.07, 6.45) is 0. The molecule has 0 unspecified atom stereocenters. The van der Waals surface area contributed by atoms with Crippen LogP contribution in [0.15, 0.2) is 35.4 Å². The minimum atomic E-state index is -3.66. The van der Waals surface area contributed by atoms with E-state index in [-0.39, 0.29) is 11.6 Å². The Bertz CT molecular complexity index is 882.